The number of halogens is 1. The van der Waals surface area contributed by atoms with Crippen LogP contribution in [0.2, 0.25) is 0 Å². The van der Waals surface area contributed by atoms with Crippen LogP contribution in [-0.4, -0.2) is 52.4 Å². The minimum atomic E-state index is -1.03. The zero-order valence-corrected chi connectivity index (χ0v) is 20.6. The molecule has 2 N–H and O–H groups in total. The molecule has 1 atom stereocenters. The summed E-state index contributed by atoms with van der Waals surface area (Å²) in [6.45, 7) is 2.80. The van der Waals surface area contributed by atoms with E-state index in [1.165, 1.54) is 48.0 Å². The topological polar surface area (TPSA) is 91.0 Å². The van der Waals surface area contributed by atoms with Crippen LogP contribution in [0.4, 0.5) is 10.1 Å². The van der Waals surface area contributed by atoms with Crippen molar-refractivity contribution < 1.29 is 23.5 Å². The van der Waals surface area contributed by atoms with Crippen LogP contribution < -0.4 is 15.5 Å². The van der Waals surface area contributed by atoms with Gasteiger partial charge in [-0.15, -0.1) is 0 Å². The molecule has 0 aromatic heterocycles. The number of amides is 3. The second-order valence-electron chi connectivity index (χ2n) is 8.20. The number of nitrogens with zero attached hydrogens (tertiary/aromatic N) is 2. The molecule has 1 aliphatic heterocycles. The van der Waals surface area contributed by atoms with E-state index in [1.807, 2.05) is 0 Å². The van der Waals surface area contributed by atoms with E-state index in [0.29, 0.717) is 18.0 Å². The van der Waals surface area contributed by atoms with Crippen molar-refractivity contribution in [3.63, 3.8) is 0 Å². The molecule has 2 aromatic rings. The minimum absolute atomic E-state index is 0.0398. The molecular formula is C25H29FN4O4S. The van der Waals surface area contributed by atoms with Crippen molar-refractivity contribution in [2.75, 3.05) is 19.0 Å². The first-order valence-corrected chi connectivity index (χ1v) is 11.9. The van der Waals surface area contributed by atoms with Gasteiger partial charge in [0.1, 0.15) is 17.6 Å². The summed E-state index contributed by atoms with van der Waals surface area (Å²) in [5.41, 5.74) is 3.13. The molecule has 186 valence electrons. The maximum absolute atomic E-state index is 13.5. The van der Waals surface area contributed by atoms with Gasteiger partial charge in [0.25, 0.3) is 11.8 Å². The minimum Gasteiger partial charge on any atom is -0.494 e. The van der Waals surface area contributed by atoms with Gasteiger partial charge in [0.2, 0.25) is 5.91 Å². The average molecular weight is 501 g/mol. The van der Waals surface area contributed by atoms with Gasteiger partial charge in [-0.1, -0.05) is 32.3 Å². The van der Waals surface area contributed by atoms with E-state index in [1.54, 1.807) is 24.3 Å². The Kier molecular flexibility index (Phi) is 9.13. The third-order valence-electron chi connectivity index (χ3n) is 5.51. The van der Waals surface area contributed by atoms with E-state index in [-0.39, 0.29) is 17.1 Å². The quantitative estimate of drug-likeness (QED) is 0.359. The predicted octanol–water partition coefficient (Wildman–Crippen LogP) is 3.89. The lowest BCUT2D eigenvalue weighted by Gasteiger charge is -2.24. The van der Waals surface area contributed by atoms with Crippen LogP contribution in [0.15, 0.2) is 48.5 Å². The van der Waals surface area contributed by atoms with E-state index < -0.39 is 29.6 Å². The Balaban J connectivity index is 1.58. The van der Waals surface area contributed by atoms with Crippen LogP contribution in [0.1, 0.15) is 49.4 Å². The summed E-state index contributed by atoms with van der Waals surface area (Å²) in [5, 5.41) is 3.95. The summed E-state index contributed by atoms with van der Waals surface area (Å²) in [4.78, 5) is 39.1. The van der Waals surface area contributed by atoms with Gasteiger partial charge in [-0.3, -0.25) is 24.7 Å². The SMILES string of the molecule is CCCCCCOc1ccc(NC(=O)CC2C(=O)N(C)C(=S)N2NC(=O)c2cccc(F)c2)cc1. The van der Waals surface area contributed by atoms with Crippen molar-refractivity contribution in [3.05, 3.63) is 59.9 Å². The van der Waals surface area contributed by atoms with E-state index in [2.05, 4.69) is 17.7 Å². The second kappa shape index (κ2) is 12.3. The molecule has 8 nitrogen and oxygen atoms in total. The molecule has 1 saturated heterocycles. The normalized spacial score (nSPS) is 15.3. The van der Waals surface area contributed by atoms with Gasteiger partial charge in [0, 0.05) is 18.3 Å². The Bertz CT molecular complexity index is 1080. The first-order chi connectivity index (χ1) is 16.8. The van der Waals surface area contributed by atoms with Crippen molar-refractivity contribution in [2.24, 2.45) is 0 Å². The number of anilines is 1. The number of unbranched alkanes of at least 4 members (excludes halogenated alkanes) is 3. The van der Waals surface area contributed by atoms with Crippen LogP contribution in [0.5, 0.6) is 5.75 Å². The standard InChI is InChI=1S/C25H29FN4O4S/c1-3-4-5-6-14-34-20-12-10-19(11-13-20)27-22(31)16-21-24(33)29(2)25(35)30(21)28-23(32)17-8-7-9-18(26)15-17/h7-13,15,21H,3-6,14,16H2,1-2H3,(H,27,31)(H,28,32). The highest BCUT2D eigenvalue weighted by molar-refractivity contribution is 7.80. The number of carbonyl (C=O) groups excluding carboxylic acids is 3. The molecule has 1 aliphatic rings. The number of ether oxygens (including phenoxy) is 1. The zero-order chi connectivity index (χ0) is 25.4. The van der Waals surface area contributed by atoms with Gasteiger partial charge < -0.3 is 10.1 Å². The number of nitrogens with one attached hydrogen (secondary N) is 2. The van der Waals surface area contributed by atoms with Crippen LogP contribution in [0.3, 0.4) is 0 Å². The molecule has 1 fully saturated rings. The molecule has 0 spiro atoms. The zero-order valence-electron chi connectivity index (χ0n) is 19.8. The number of carbonyl (C=O) groups is 3. The van der Waals surface area contributed by atoms with Crippen LogP contribution in [0.25, 0.3) is 0 Å². The number of benzene rings is 2. The lowest BCUT2D eigenvalue weighted by Crippen LogP contribution is -2.49. The number of thiocarbonyl (C=S) groups is 1. The van der Waals surface area contributed by atoms with Gasteiger partial charge in [-0.05, 0) is 61.1 Å². The summed E-state index contributed by atoms with van der Waals surface area (Å²) in [7, 11) is 1.46. The Morgan fingerprint density at radius 1 is 1.11 bits per heavy atom. The van der Waals surface area contributed by atoms with Crippen molar-refractivity contribution in [1.29, 1.82) is 0 Å². The highest BCUT2D eigenvalue weighted by Gasteiger charge is 2.42. The second-order valence-corrected chi connectivity index (χ2v) is 8.57. The van der Waals surface area contributed by atoms with E-state index in [9.17, 15) is 18.8 Å². The highest BCUT2D eigenvalue weighted by Crippen LogP contribution is 2.20. The monoisotopic (exact) mass is 500 g/mol. The molecule has 0 bridgehead atoms. The summed E-state index contributed by atoms with van der Waals surface area (Å²) >= 11 is 5.26. The molecule has 3 amide bonds. The van der Waals surface area contributed by atoms with E-state index in [0.717, 1.165) is 18.9 Å². The molecule has 0 aliphatic carbocycles. The number of hydrogen-bond acceptors (Lipinski definition) is 5. The van der Waals surface area contributed by atoms with Crippen LogP contribution in [0, 0.1) is 5.82 Å². The summed E-state index contributed by atoms with van der Waals surface area (Å²) in [6, 6.07) is 11.1. The Morgan fingerprint density at radius 2 is 1.86 bits per heavy atom. The first kappa shape index (κ1) is 26.1. The number of hydrazine groups is 1. The lowest BCUT2D eigenvalue weighted by atomic mass is 10.2. The fourth-order valence-corrected chi connectivity index (χ4v) is 3.83. The maximum Gasteiger partial charge on any atom is 0.269 e. The number of likely N-dealkylation sites (N-methyl/N-ethyl adjacent to an activating group) is 1. The van der Waals surface area contributed by atoms with Gasteiger partial charge in [0.05, 0.1) is 13.0 Å². The summed E-state index contributed by atoms with van der Waals surface area (Å²) < 4.78 is 19.2. The Morgan fingerprint density at radius 3 is 2.54 bits per heavy atom. The fraction of sp³-hybridized carbons (Fsp3) is 0.360. The summed E-state index contributed by atoms with van der Waals surface area (Å²) in [5.74, 6) is -1.37. The largest absolute Gasteiger partial charge is 0.494 e. The number of hydrogen-bond donors (Lipinski definition) is 2. The third-order valence-corrected chi connectivity index (χ3v) is 5.98. The van der Waals surface area contributed by atoms with Gasteiger partial charge in [-0.2, -0.15) is 0 Å². The maximum atomic E-state index is 13.5. The van der Waals surface area contributed by atoms with Crippen molar-refractivity contribution in [3.8, 4) is 5.75 Å². The van der Waals surface area contributed by atoms with Crippen LogP contribution in [-0.2, 0) is 9.59 Å². The molecule has 0 radical (unpaired) electrons. The number of rotatable bonds is 11. The Labute approximate surface area is 209 Å². The Hall–Kier alpha value is -3.53. The van der Waals surface area contributed by atoms with Gasteiger partial charge in [-0.25, -0.2) is 9.40 Å². The summed E-state index contributed by atoms with van der Waals surface area (Å²) in [6.07, 6.45) is 4.22. The van der Waals surface area contributed by atoms with Gasteiger partial charge in [0.15, 0.2) is 5.11 Å². The first-order valence-electron chi connectivity index (χ1n) is 11.5. The molecule has 0 saturated carbocycles. The van der Waals surface area contributed by atoms with E-state index in [4.69, 9.17) is 17.0 Å². The van der Waals surface area contributed by atoms with Crippen molar-refractivity contribution >= 4 is 40.7 Å². The average Bonchev–Trinajstić information content (AvgIpc) is 3.03. The van der Waals surface area contributed by atoms with Crippen molar-refractivity contribution in [1.82, 2.24) is 15.3 Å². The van der Waals surface area contributed by atoms with Crippen LogP contribution >= 0.6 is 12.2 Å². The molecule has 35 heavy (non-hydrogen) atoms. The predicted molar refractivity (Wildman–Crippen MR) is 134 cm³/mol. The van der Waals surface area contributed by atoms with Crippen molar-refractivity contribution in [2.45, 2.75) is 45.1 Å². The molecular weight excluding hydrogens is 471 g/mol. The molecule has 2 aromatic carbocycles. The van der Waals surface area contributed by atoms with E-state index >= 15 is 0 Å². The molecule has 10 heteroatoms. The molecule has 1 unspecified atom stereocenters. The smallest absolute Gasteiger partial charge is 0.269 e. The fourth-order valence-electron chi connectivity index (χ4n) is 3.57. The third kappa shape index (κ3) is 6.98. The van der Waals surface area contributed by atoms with Gasteiger partial charge >= 0.3 is 0 Å². The molecule has 3 rings (SSSR count). The lowest BCUT2D eigenvalue weighted by molar-refractivity contribution is -0.130. The molecule has 1 heterocycles. The highest BCUT2D eigenvalue weighted by atomic mass is 32.1.